The second-order valence-corrected chi connectivity index (χ2v) is 9.48. The second-order valence-electron chi connectivity index (χ2n) is 4.54. The highest BCUT2D eigenvalue weighted by atomic mass is 32.2. The second kappa shape index (κ2) is 6.69. The van der Waals surface area contributed by atoms with Gasteiger partial charge in [-0.1, -0.05) is 42.1 Å². The van der Waals surface area contributed by atoms with Crippen LogP contribution in [-0.4, -0.2) is 19.6 Å². The molecule has 0 fully saturated rings. The Morgan fingerprint density at radius 1 is 0.727 bits per heavy atom. The molecule has 0 saturated heterocycles. The molecule has 2 rings (SSSR count). The zero-order valence-corrected chi connectivity index (χ0v) is 13.8. The number of hydrogen-bond donors (Lipinski definition) is 4. The molecule has 0 spiro atoms. The van der Waals surface area contributed by atoms with E-state index in [2.05, 4.69) is 0 Å². The van der Waals surface area contributed by atoms with Crippen molar-refractivity contribution in [1.29, 1.82) is 0 Å². The fourth-order valence-electron chi connectivity index (χ4n) is 1.92. The van der Waals surface area contributed by atoms with Gasteiger partial charge >= 0.3 is 15.2 Å². The van der Waals surface area contributed by atoms with Crippen LogP contribution in [0, 0.1) is 0 Å². The van der Waals surface area contributed by atoms with Gasteiger partial charge in [0.15, 0.2) is 5.40 Å². The van der Waals surface area contributed by atoms with Crippen molar-refractivity contribution in [2.75, 3.05) is 0 Å². The lowest BCUT2D eigenvalue weighted by atomic mass is 10.2. The monoisotopic (exact) mass is 360 g/mol. The molecule has 0 unspecified atom stereocenters. The maximum atomic E-state index is 11.4. The fraction of sp³-hybridized carbons (Fsp3) is 0.0769. The highest BCUT2D eigenvalue weighted by Crippen LogP contribution is 2.69. The first kappa shape index (κ1) is 17.4. The van der Waals surface area contributed by atoms with E-state index in [-0.39, 0.29) is 5.56 Å². The topological polar surface area (TPSA) is 115 Å². The van der Waals surface area contributed by atoms with Gasteiger partial charge in [-0.3, -0.25) is 9.13 Å². The van der Waals surface area contributed by atoms with Crippen molar-refractivity contribution >= 4 is 27.0 Å². The first-order chi connectivity index (χ1) is 10.2. The Balaban J connectivity index is 2.27. The number of rotatable bonds is 5. The summed E-state index contributed by atoms with van der Waals surface area (Å²) in [4.78, 5) is 38.5. The van der Waals surface area contributed by atoms with Gasteiger partial charge in [0.25, 0.3) is 0 Å². The lowest BCUT2D eigenvalue weighted by Gasteiger charge is -2.20. The van der Waals surface area contributed by atoms with Gasteiger partial charge in [-0.05, 0) is 29.8 Å². The van der Waals surface area contributed by atoms with E-state index in [9.17, 15) is 28.7 Å². The molecular weight excluding hydrogens is 346 g/mol. The summed E-state index contributed by atoms with van der Waals surface area (Å²) in [6, 6.07) is 15.3. The minimum absolute atomic E-state index is 0.0842. The van der Waals surface area contributed by atoms with E-state index in [1.54, 1.807) is 12.1 Å². The van der Waals surface area contributed by atoms with E-state index in [1.807, 2.05) is 30.3 Å². The molecule has 0 aliphatic heterocycles. The highest BCUT2D eigenvalue weighted by molar-refractivity contribution is 7.99. The SMILES string of the molecule is O=P(O)(O)C(c1ccc(Sc2ccccc2)cc1)P(=O)(O)O. The molecule has 0 bridgehead atoms. The normalized spacial score (nSPS) is 12.6. The molecule has 2 aromatic carbocycles. The zero-order chi connectivity index (χ0) is 16.4. The Labute approximate surface area is 131 Å². The van der Waals surface area contributed by atoms with Gasteiger partial charge in [-0.2, -0.15) is 0 Å². The third-order valence-corrected chi connectivity index (χ3v) is 7.49. The van der Waals surface area contributed by atoms with Crippen LogP contribution in [0.15, 0.2) is 64.4 Å². The van der Waals surface area contributed by atoms with Crippen LogP contribution in [0.1, 0.15) is 11.0 Å². The smallest absolute Gasteiger partial charge is 0.324 e. The number of hydrogen-bond acceptors (Lipinski definition) is 3. The molecule has 0 aliphatic rings. The Kier molecular flexibility index (Phi) is 5.30. The largest absolute Gasteiger partial charge is 0.345 e. The minimum atomic E-state index is -4.97. The Morgan fingerprint density at radius 3 is 1.64 bits per heavy atom. The van der Waals surface area contributed by atoms with E-state index in [1.165, 1.54) is 23.9 Å². The van der Waals surface area contributed by atoms with Crippen molar-refractivity contribution in [3.8, 4) is 0 Å². The summed E-state index contributed by atoms with van der Waals surface area (Å²) in [5.41, 5.74) is -0.0842. The number of benzene rings is 2. The molecule has 0 aliphatic carbocycles. The van der Waals surface area contributed by atoms with Gasteiger partial charge in [0.2, 0.25) is 0 Å². The van der Waals surface area contributed by atoms with E-state index in [4.69, 9.17) is 0 Å². The molecule has 0 heterocycles. The molecule has 0 radical (unpaired) electrons. The van der Waals surface area contributed by atoms with Gasteiger partial charge in [-0.15, -0.1) is 0 Å². The molecule has 4 N–H and O–H groups in total. The molecule has 0 atom stereocenters. The summed E-state index contributed by atoms with van der Waals surface area (Å²) in [5, 5.41) is -2.13. The molecule has 0 aromatic heterocycles. The van der Waals surface area contributed by atoms with Crippen LogP contribution >= 0.6 is 27.0 Å². The van der Waals surface area contributed by atoms with Crippen molar-refractivity contribution < 1.29 is 28.7 Å². The third kappa shape index (κ3) is 4.54. The molecule has 2 aromatic rings. The first-order valence-electron chi connectivity index (χ1n) is 6.11. The minimum Gasteiger partial charge on any atom is -0.324 e. The maximum absolute atomic E-state index is 11.4. The van der Waals surface area contributed by atoms with Gasteiger partial charge in [0, 0.05) is 9.79 Å². The summed E-state index contributed by atoms with van der Waals surface area (Å²) < 4.78 is 22.7. The van der Waals surface area contributed by atoms with Crippen molar-refractivity contribution in [2.45, 2.75) is 15.2 Å². The molecule has 0 amide bonds. The summed E-state index contributed by atoms with van der Waals surface area (Å²) in [6.45, 7) is 0. The summed E-state index contributed by atoms with van der Waals surface area (Å²) in [5.74, 6) is 0. The van der Waals surface area contributed by atoms with E-state index >= 15 is 0 Å². The van der Waals surface area contributed by atoms with E-state index < -0.39 is 20.6 Å². The van der Waals surface area contributed by atoms with Crippen molar-refractivity contribution in [3.05, 3.63) is 60.2 Å². The Morgan fingerprint density at radius 2 is 1.18 bits per heavy atom. The molecule has 0 saturated carbocycles. The van der Waals surface area contributed by atoms with Gasteiger partial charge in [0.05, 0.1) is 0 Å². The average molecular weight is 360 g/mol. The van der Waals surface area contributed by atoms with Crippen LogP contribution in [0.3, 0.4) is 0 Å². The molecular formula is C13H14O6P2S. The molecule has 9 heteroatoms. The summed E-state index contributed by atoms with van der Waals surface area (Å²) >= 11 is 1.43. The van der Waals surface area contributed by atoms with Gasteiger partial charge < -0.3 is 19.6 Å². The predicted octanol–water partition coefficient (Wildman–Crippen LogP) is 3.19. The lowest BCUT2D eigenvalue weighted by Crippen LogP contribution is -2.01. The Bertz CT molecular complexity index is 700. The first-order valence-corrected chi connectivity index (χ1v) is 10.3. The van der Waals surface area contributed by atoms with E-state index in [0.29, 0.717) is 0 Å². The Hall–Kier alpha value is -0.910. The van der Waals surface area contributed by atoms with Crippen molar-refractivity contribution in [3.63, 3.8) is 0 Å². The van der Waals surface area contributed by atoms with Crippen molar-refractivity contribution in [1.82, 2.24) is 0 Å². The average Bonchev–Trinajstić information content (AvgIpc) is 2.39. The van der Waals surface area contributed by atoms with Crippen LogP contribution < -0.4 is 0 Å². The van der Waals surface area contributed by atoms with Crippen LogP contribution in [-0.2, 0) is 9.13 Å². The van der Waals surface area contributed by atoms with Crippen LogP contribution in [0.25, 0.3) is 0 Å². The fourth-order valence-corrected chi connectivity index (χ4v) is 5.44. The van der Waals surface area contributed by atoms with Crippen LogP contribution in [0.4, 0.5) is 0 Å². The maximum Gasteiger partial charge on any atom is 0.345 e. The third-order valence-electron chi connectivity index (χ3n) is 2.79. The zero-order valence-electron chi connectivity index (χ0n) is 11.2. The molecule has 22 heavy (non-hydrogen) atoms. The predicted molar refractivity (Wildman–Crippen MR) is 83.8 cm³/mol. The van der Waals surface area contributed by atoms with Crippen molar-refractivity contribution in [2.24, 2.45) is 0 Å². The molecule has 118 valence electrons. The highest BCUT2D eigenvalue weighted by Gasteiger charge is 2.44. The van der Waals surface area contributed by atoms with Gasteiger partial charge in [-0.25, -0.2) is 0 Å². The quantitative estimate of drug-likeness (QED) is 0.605. The summed E-state index contributed by atoms with van der Waals surface area (Å²) in [7, 11) is -9.94. The standard InChI is InChI=1S/C13H14O6P2S/c14-20(15,16)13(21(17,18)19)10-6-8-12(9-7-10)22-11-4-2-1-3-5-11/h1-9,13H,(H2,14,15,16)(H2,17,18,19). The van der Waals surface area contributed by atoms with E-state index in [0.717, 1.165) is 9.79 Å². The lowest BCUT2D eigenvalue weighted by molar-refractivity contribution is 0.340. The van der Waals surface area contributed by atoms with Crippen LogP contribution in [0.5, 0.6) is 0 Å². The van der Waals surface area contributed by atoms with Gasteiger partial charge in [0.1, 0.15) is 0 Å². The summed E-state index contributed by atoms with van der Waals surface area (Å²) in [6.07, 6.45) is 0. The molecule has 6 nitrogen and oxygen atoms in total. The van der Waals surface area contributed by atoms with Crippen LogP contribution in [0.2, 0.25) is 0 Å².